The summed E-state index contributed by atoms with van der Waals surface area (Å²) < 4.78 is 1.79. The highest BCUT2D eigenvalue weighted by Gasteiger charge is 2.26. The van der Waals surface area contributed by atoms with Gasteiger partial charge in [-0.3, -0.25) is 9.59 Å². The summed E-state index contributed by atoms with van der Waals surface area (Å²) in [6.07, 6.45) is 3.35. The van der Waals surface area contributed by atoms with Crippen molar-refractivity contribution in [3.63, 3.8) is 0 Å². The molecule has 7 heteroatoms. The van der Waals surface area contributed by atoms with Crippen LogP contribution in [0.1, 0.15) is 64.7 Å². The van der Waals surface area contributed by atoms with E-state index in [-0.39, 0.29) is 17.9 Å². The minimum absolute atomic E-state index is 0.0845. The highest BCUT2D eigenvalue weighted by Crippen LogP contribution is 2.23. The van der Waals surface area contributed by atoms with Crippen molar-refractivity contribution in [2.45, 2.75) is 46.6 Å². The summed E-state index contributed by atoms with van der Waals surface area (Å²) in [6, 6.07) is 6.13. The van der Waals surface area contributed by atoms with Crippen LogP contribution in [0.25, 0.3) is 0 Å². The van der Waals surface area contributed by atoms with Crippen LogP contribution in [0, 0.1) is 13.8 Å². The molecule has 3 rings (SSSR count). The molecule has 7 nitrogen and oxygen atoms in total. The Labute approximate surface area is 166 Å². The molecule has 28 heavy (non-hydrogen) atoms. The van der Waals surface area contributed by atoms with E-state index in [1.54, 1.807) is 15.8 Å². The highest BCUT2D eigenvalue weighted by molar-refractivity contribution is 5.94. The molecule has 0 N–H and O–H groups in total. The van der Waals surface area contributed by atoms with Crippen LogP contribution in [0.2, 0.25) is 0 Å². The number of amides is 2. The van der Waals surface area contributed by atoms with Crippen molar-refractivity contribution in [1.29, 1.82) is 0 Å². The number of hydrogen-bond donors (Lipinski definition) is 0. The third-order valence-electron chi connectivity index (χ3n) is 5.37. The molecule has 1 aliphatic heterocycles. The molecule has 0 bridgehead atoms. The number of hydrogen-bond acceptors (Lipinski definition) is 4. The maximum atomic E-state index is 12.8. The van der Waals surface area contributed by atoms with Gasteiger partial charge in [-0.05, 0) is 52.7 Å². The molecule has 1 aliphatic rings. The topological polar surface area (TPSA) is 71.3 Å². The molecule has 2 heterocycles. The molecule has 0 spiro atoms. The van der Waals surface area contributed by atoms with Gasteiger partial charge in [0.05, 0.1) is 12.2 Å². The molecule has 1 aromatic carbocycles. The SMILES string of the molecule is CCN(CC)C(=O)c1cn(C2CCN(C(=O)c3cc(C)cc(C)c3)CC2)nn1. The number of likely N-dealkylation sites (tertiary alicyclic amines) is 1. The second-order valence-corrected chi connectivity index (χ2v) is 7.46. The van der Waals surface area contributed by atoms with E-state index in [4.69, 9.17) is 0 Å². The molecular formula is C21H29N5O2. The smallest absolute Gasteiger partial charge is 0.276 e. The number of aromatic nitrogens is 3. The quantitative estimate of drug-likeness (QED) is 0.796. The van der Waals surface area contributed by atoms with Crippen molar-refractivity contribution < 1.29 is 9.59 Å². The first-order valence-electron chi connectivity index (χ1n) is 10.0. The zero-order valence-electron chi connectivity index (χ0n) is 17.2. The van der Waals surface area contributed by atoms with Crippen LogP contribution in [-0.2, 0) is 0 Å². The lowest BCUT2D eigenvalue weighted by atomic mass is 10.0. The molecule has 2 amide bonds. The Hall–Kier alpha value is -2.70. The number of piperidine rings is 1. The first kappa shape index (κ1) is 20.0. The molecule has 1 fully saturated rings. The minimum atomic E-state index is -0.0846. The van der Waals surface area contributed by atoms with Gasteiger partial charge >= 0.3 is 0 Å². The Kier molecular flexibility index (Phi) is 6.11. The zero-order valence-corrected chi connectivity index (χ0v) is 17.2. The van der Waals surface area contributed by atoms with Gasteiger partial charge in [0.25, 0.3) is 11.8 Å². The van der Waals surface area contributed by atoms with Gasteiger partial charge in [-0.2, -0.15) is 0 Å². The molecule has 1 aromatic heterocycles. The second kappa shape index (κ2) is 8.54. The predicted octanol–water partition coefficient (Wildman–Crippen LogP) is 2.85. The maximum Gasteiger partial charge on any atom is 0.276 e. The number of benzene rings is 1. The summed E-state index contributed by atoms with van der Waals surface area (Å²) >= 11 is 0. The molecule has 0 atom stereocenters. The third kappa shape index (κ3) is 4.24. The Balaban J connectivity index is 1.63. The standard InChI is InChI=1S/C21H29N5O2/c1-5-24(6-2)21(28)19-14-26(23-22-19)18-7-9-25(10-8-18)20(27)17-12-15(3)11-16(4)13-17/h11-14,18H,5-10H2,1-4H3. The summed E-state index contributed by atoms with van der Waals surface area (Å²) in [7, 11) is 0. The molecule has 2 aromatic rings. The number of nitrogens with zero attached hydrogens (tertiary/aromatic N) is 5. The van der Waals surface area contributed by atoms with Gasteiger partial charge in [-0.25, -0.2) is 4.68 Å². The maximum absolute atomic E-state index is 12.8. The van der Waals surface area contributed by atoms with Crippen molar-refractivity contribution in [2.24, 2.45) is 0 Å². The first-order chi connectivity index (χ1) is 13.4. The molecular weight excluding hydrogens is 354 g/mol. The summed E-state index contributed by atoms with van der Waals surface area (Å²) in [5.74, 6) is -0.0000727. The van der Waals surface area contributed by atoms with Gasteiger partial charge in [0.15, 0.2) is 5.69 Å². The number of aryl methyl sites for hydroxylation is 2. The Morgan fingerprint density at radius 1 is 1.07 bits per heavy atom. The predicted molar refractivity (Wildman–Crippen MR) is 107 cm³/mol. The van der Waals surface area contributed by atoms with Gasteiger partial charge in [-0.15, -0.1) is 5.10 Å². The number of carbonyl (C=O) groups excluding carboxylic acids is 2. The Morgan fingerprint density at radius 2 is 1.68 bits per heavy atom. The first-order valence-corrected chi connectivity index (χ1v) is 10.0. The fraction of sp³-hybridized carbons (Fsp3) is 0.524. The van der Waals surface area contributed by atoms with Crippen molar-refractivity contribution >= 4 is 11.8 Å². The molecule has 150 valence electrons. The van der Waals surface area contributed by atoms with E-state index in [0.717, 1.165) is 29.5 Å². The van der Waals surface area contributed by atoms with Crippen LogP contribution in [0.3, 0.4) is 0 Å². The fourth-order valence-corrected chi connectivity index (χ4v) is 3.84. The Bertz CT molecular complexity index is 828. The number of rotatable bonds is 5. The largest absolute Gasteiger partial charge is 0.338 e. The van der Waals surface area contributed by atoms with E-state index in [0.29, 0.717) is 31.9 Å². The average molecular weight is 383 g/mol. The summed E-state index contributed by atoms with van der Waals surface area (Å²) in [6.45, 7) is 10.6. The van der Waals surface area contributed by atoms with Crippen molar-refractivity contribution in [3.8, 4) is 0 Å². The van der Waals surface area contributed by atoms with E-state index in [2.05, 4.69) is 16.4 Å². The van der Waals surface area contributed by atoms with Crippen LogP contribution in [0.15, 0.2) is 24.4 Å². The van der Waals surface area contributed by atoms with E-state index in [1.165, 1.54) is 0 Å². The van der Waals surface area contributed by atoms with Gasteiger partial charge < -0.3 is 9.80 Å². The van der Waals surface area contributed by atoms with Gasteiger partial charge in [0, 0.05) is 31.7 Å². The van der Waals surface area contributed by atoms with Crippen LogP contribution < -0.4 is 0 Å². The van der Waals surface area contributed by atoms with E-state index in [9.17, 15) is 9.59 Å². The monoisotopic (exact) mass is 383 g/mol. The molecule has 1 saturated heterocycles. The summed E-state index contributed by atoms with van der Waals surface area (Å²) in [4.78, 5) is 28.9. The third-order valence-corrected chi connectivity index (χ3v) is 5.37. The second-order valence-electron chi connectivity index (χ2n) is 7.46. The molecule has 0 radical (unpaired) electrons. The molecule has 0 unspecified atom stereocenters. The molecule has 0 aliphatic carbocycles. The van der Waals surface area contributed by atoms with Crippen LogP contribution in [0.4, 0.5) is 0 Å². The summed E-state index contributed by atoms with van der Waals surface area (Å²) in [5.41, 5.74) is 3.35. The van der Waals surface area contributed by atoms with Crippen LogP contribution in [0.5, 0.6) is 0 Å². The summed E-state index contributed by atoms with van der Waals surface area (Å²) in [5, 5.41) is 8.25. The lowest BCUT2D eigenvalue weighted by Gasteiger charge is -2.32. The van der Waals surface area contributed by atoms with Gasteiger partial charge in [0.2, 0.25) is 0 Å². The van der Waals surface area contributed by atoms with Crippen molar-refractivity contribution in [2.75, 3.05) is 26.2 Å². The van der Waals surface area contributed by atoms with Gasteiger partial charge in [0.1, 0.15) is 0 Å². The average Bonchev–Trinajstić information content (AvgIpc) is 3.18. The lowest BCUT2D eigenvalue weighted by Crippen LogP contribution is -2.39. The van der Waals surface area contributed by atoms with E-state index >= 15 is 0 Å². The fourth-order valence-electron chi connectivity index (χ4n) is 3.84. The normalized spacial score (nSPS) is 14.9. The lowest BCUT2D eigenvalue weighted by molar-refractivity contribution is 0.0688. The number of carbonyl (C=O) groups is 2. The zero-order chi connectivity index (χ0) is 20.3. The Morgan fingerprint density at radius 3 is 2.25 bits per heavy atom. The van der Waals surface area contributed by atoms with E-state index < -0.39 is 0 Å². The minimum Gasteiger partial charge on any atom is -0.338 e. The highest BCUT2D eigenvalue weighted by atomic mass is 16.2. The van der Waals surface area contributed by atoms with Gasteiger partial charge in [-0.1, -0.05) is 22.4 Å². The van der Waals surface area contributed by atoms with Crippen molar-refractivity contribution in [1.82, 2.24) is 24.8 Å². The van der Waals surface area contributed by atoms with Crippen LogP contribution >= 0.6 is 0 Å². The van der Waals surface area contributed by atoms with Crippen LogP contribution in [-0.4, -0.2) is 62.8 Å². The molecule has 0 saturated carbocycles. The van der Waals surface area contributed by atoms with Crippen molar-refractivity contribution in [3.05, 3.63) is 46.8 Å². The van der Waals surface area contributed by atoms with E-state index in [1.807, 2.05) is 44.7 Å².